The summed E-state index contributed by atoms with van der Waals surface area (Å²) in [7, 11) is 0. The van der Waals surface area contributed by atoms with E-state index >= 15 is 0 Å². The Morgan fingerprint density at radius 3 is 2.64 bits per heavy atom. The van der Waals surface area contributed by atoms with Crippen LogP contribution in [-0.4, -0.2) is 28.8 Å². The number of hydrogen-bond acceptors (Lipinski definition) is 2. The lowest BCUT2D eigenvalue weighted by Gasteiger charge is -2.12. The van der Waals surface area contributed by atoms with Gasteiger partial charge in [0.05, 0.1) is 12.2 Å². The van der Waals surface area contributed by atoms with E-state index in [1.54, 1.807) is 13.0 Å². The summed E-state index contributed by atoms with van der Waals surface area (Å²) in [5.74, 6) is 0.597. The van der Waals surface area contributed by atoms with Crippen LogP contribution in [0.25, 0.3) is 0 Å². The summed E-state index contributed by atoms with van der Waals surface area (Å²) in [4.78, 5) is 4.57. The lowest BCUT2D eigenvalue weighted by atomic mass is 10.1. The zero-order chi connectivity index (χ0) is 18.2. The molecule has 0 amide bonds. The summed E-state index contributed by atoms with van der Waals surface area (Å²) in [5, 5.41) is 11.0. The second kappa shape index (κ2) is 9.20. The second-order valence-electron chi connectivity index (χ2n) is 6.21. The molecule has 0 unspecified atom stereocenters. The van der Waals surface area contributed by atoms with Gasteiger partial charge in [-0.15, -0.1) is 0 Å². The minimum absolute atomic E-state index is 0.179. The number of nitrogens with zero attached hydrogens (tertiary/aromatic N) is 3. The Morgan fingerprint density at radius 1 is 1.20 bits per heavy atom. The number of aliphatic imine (C=N–C) groups is 1. The highest BCUT2D eigenvalue weighted by Gasteiger charge is 2.02. The van der Waals surface area contributed by atoms with Crippen molar-refractivity contribution in [3.63, 3.8) is 0 Å². The average Bonchev–Trinajstić information content (AvgIpc) is 2.89. The monoisotopic (exact) mass is 345 g/mol. The van der Waals surface area contributed by atoms with Crippen molar-refractivity contribution in [3.8, 4) is 0 Å². The van der Waals surface area contributed by atoms with Crippen molar-refractivity contribution >= 4 is 5.96 Å². The van der Waals surface area contributed by atoms with Gasteiger partial charge >= 0.3 is 0 Å². The van der Waals surface area contributed by atoms with E-state index < -0.39 is 0 Å². The molecule has 2 rings (SSSR count). The van der Waals surface area contributed by atoms with Gasteiger partial charge in [0.2, 0.25) is 0 Å². The SMILES string of the molecule is CCNC(=NCc1ccc(F)c(C)c1)NCCCn1nc(C)cc1C. The molecule has 1 aromatic heterocycles. The third-order valence-electron chi connectivity index (χ3n) is 3.93. The van der Waals surface area contributed by atoms with Gasteiger partial charge in [0.1, 0.15) is 5.82 Å². The Labute approximate surface area is 149 Å². The summed E-state index contributed by atoms with van der Waals surface area (Å²) in [6, 6.07) is 7.20. The van der Waals surface area contributed by atoms with E-state index in [-0.39, 0.29) is 5.82 Å². The minimum Gasteiger partial charge on any atom is -0.357 e. The van der Waals surface area contributed by atoms with Crippen LogP contribution in [0.5, 0.6) is 0 Å². The first-order valence-electron chi connectivity index (χ1n) is 8.78. The van der Waals surface area contributed by atoms with Gasteiger partial charge in [0.25, 0.3) is 0 Å². The fourth-order valence-electron chi connectivity index (χ4n) is 2.65. The third-order valence-corrected chi connectivity index (χ3v) is 3.93. The normalized spacial score (nSPS) is 11.6. The molecule has 0 saturated heterocycles. The maximum absolute atomic E-state index is 13.3. The molecule has 25 heavy (non-hydrogen) atoms. The number of guanidine groups is 1. The Morgan fingerprint density at radius 2 is 2.00 bits per heavy atom. The minimum atomic E-state index is -0.179. The van der Waals surface area contributed by atoms with E-state index in [0.717, 1.165) is 43.3 Å². The van der Waals surface area contributed by atoms with Gasteiger partial charge in [-0.05, 0) is 57.4 Å². The highest BCUT2D eigenvalue weighted by Crippen LogP contribution is 2.10. The molecule has 0 spiro atoms. The molecule has 0 aliphatic heterocycles. The van der Waals surface area contributed by atoms with Crippen LogP contribution in [0.2, 0.25) is 0 Å². The van der Waals surface area contributed by atoms with Crippen LogP contribution in [0.4, 0.5) is 4.39 Å². The predicted molar refractivity (Wildman–Crippen MR) is 100 cm³/mol. The van der Waals surface area contributed by atoms with E-state index in [1.807, 2.05) is 24.6 Å². The van der Waals surface area contributed by atoms with Gasteiger partial charge in [-0.1, -0.05) is 12.1 Å². The van der Waals surface area contributed by atoms with Crippen molar-refractivity contribution in [2.75, 3.05) is 13.1 Å². The van der Waals surface area contributed by atoms with Gasteiger partial charge in [0, 0.05) is 25.3 Å². The van der Waals surface area contributed by atoms with Crippen molar-refractivity contribution in [3.05, 3.63) is 52.6 Å². The largest absolute Gasteiger partial charge is 0.357 e. The number of aryl methyl sites for hydroxylation is 4. The van der Waals surface area contributed by atoms with Gasteiger partial charge in [-0.25, -0.2) is 9.38 Å². The highest BCUT2D eigenvalue weighted by molar-refractivity contribution is 5.79. The van der Waals surface area contributed by atoms with Gasteiger partial charge in [-0.3, -0.25) is 4.68 Å². The summed E-state index contributed by atoms with van der Waals surface area (Å²) < 4.78 is 15.4. The van der Waals surface area contributed by atoms with Crippen molar-refractivity contribution < 1.29 is 4.39 Å². The zero-order valence-corrected chi connectivity index (χ0v) is 15.6. The maximum Gasteiger partial charge on any atom is 0.191 e. The Bertz CT molecular complexity index is 721. The van der Waals surface area contributed by atoms with E-state index in [9.17, 15) is 4.39 Å². The predicted octanol–water partition coefficient (Wildman–Crippen LogP) is 3.09. The summed E-state index contributed by atoms with van der Waals surface area (Å²) in [6.07, 6.45) is 0.960. The number of benzene rings is 1. The summed E-state index contributed by atoms with van der Waals surface area (Å²) in [5.41, 5.74) is 3.88. The summed E-state index contributed by atoms with van der Waals surface area (Å²) in [6.45, 7) is 10.9. The molecule has 6 heteroatoms. The first kappa shape index (κ1) is 19.0. The highest BCUT2D eigenvalue weighted by atomic mass is 19.1. The van der Waals surface area contributed by atoms with E-state index in [2.05, 4.69) is 33.7 Å². The van der Waals surface area contributed by atoms with Crippen LogP contribution >= 0.6 is 0 Å². The van der Waals surface area contributed by atoms with Crippen LogP contribution in [0.3, 0.4) is 0 Å². The Balaban J connectivity index is 1.84. The molecule has 1 aromatic carbocycles. The number of aromatic nitrogens is 2. The molecule has 0 radical (unpaired) electrons. The fourth-order valence-corrected chi connectivity index (χ4v) is 2.65. The molecule has 0 fully saturated rings. The molecular weight excluding hydrogens is 317 g/mol. The lowest BCUT2D eigenvalue weighted by Crippen LogP contribution is -2.38. The van der Waals surface area contributed by atoms with Crippen molar-refractivity contribution in [1.29, 1.82) is 0 Å². The fraction of sp³-hybridized carbons (Fsp3) is 0.474. The van der Waals surface area contributed by atoms with Crippen molar-refractivity contribution in [2.24, 2.45) is 4.99 Å². The van der Waals surface area contributed by atoms with Crippen molar-refractivity contribution in [2.45, 2.75) is 47.2 Å². The van der Waals surface area contributed by atoms with E-state index in [1.165, 1.54) is 11.8 Å². The standard InChI is InChI=1S/C19H28FN5/c1-5-21-19(23-13-17-7-8-18(20)14(2)11-17)22-9-6-10-25-16(4)12-15(3)24-25/h7-8,11-12H,5-6,9-10,13H2,1-4H3,(H2,21,22,23). The molecule has 136 valence electrons. The molecule has 5 nitrogen and oxygen atoms in total. The smallest absolute Gasteiger partial charge is 0.191 e. The zero-order valence-electron chi connectivity index (χ0n) is 15.6. The first-order chi connectivity index (χ1) is 12.0. The molecule has 0 aliphatic rings. The van der Waals surface area contributed by atoms with Crippen LogP contribution in [0.15, 0.2) is 29.3 Å². The topological polar surface area (TPSA) is 54.2 Å². The van der Waals surface area contributed by atoms with Crippen LogP contribution in [0, 0.1) is 26.6 Å². The third kappa shape index (κ3) is 5.89. The molecule has 0 saturated carbocycles. The molecule has 0 atom stereocenters. The van der Waals surface area contributed by atoms with E-state index in [4.69, 9.17) is 0 Å². The van der Waals surface area contributed by atoms with Gasteiger partial charge < -0.3 is 10.6 Å². The second-order valence-corrected chi connectivity index (χ2v) is 6.21. The molecule has 0 bridgehead atoms. The van der Waals surface area contributed by atoms with E-state index in [0.29, 0.717) is 12.1 Å². The summed E-state index contributed by atoms with van der Waals surface area (Å²) >= 11 is 0. The van der Waals surface area contributed by atoms with Crippen molar-refractivity contribution in [1.82, 2.24) is 20.4 Å². The van der Waals surface area contributed by atoms with Crippen LogP contribution in [0.1, 0.15) is 35.9 Å². The Hall–Kier alpha value is -2.37. The van der Waals surface area contributed by atoms with Crippen LogP contribution in [-0.2, 0) is 13.1 Å². The number of hydrogen-bond donors (Lipinski definition) is 2. The molecule has 2 N–H and O–H groups in total. The quantitative estimate of drug-likeness (QED) is 0.461. The number of rotatable bonds is 7. The molecular formula is C19H28FN5. The van der Waals surface area contributed by atoms with Gasteiger partial charge in [0.15, 0.2) is 5.96 Å². The molecule has 1 heterocycles. The lowest BCUT2D eigenvalue weighted by molar-refractivity contribution is 0.555. The van der Waals surface area contributed by atoms with Crippen LogP contribution < -0.4 is 10.6 Å². The number of halogens is 1. The first-order valence-corrected chi connectivity index (χ1v) is 8.78. The Kier molecular flexibility index (Phi) is 6.98. The maximum atomic E-state index is 13.3. The van der Waals surface area contributed by atoms with Gasteiger partial charge in [-0.2, -0.15) is 5.10 Å². The number of nitrogens with one attached hydrogen (secondary N) is 2. The average molecular weight is 345 g/mol. The molecule has 2 aromatic rings. The molecule has 0 aliphatic carbocycles.